The average molecular weight is 463 g/mol. The molecule has 0 radical (unpaired) electrons. The molecule has 0 spiro atoms. The van der Waals surface area contributed by atoms with Gasteiger partial charge in [0, 0.05) is 6.42 Å². The minimum Gasteiger partial charge on any atom is -0.456 e. The van der Waals surface area contributed by atoms with E-state index in [1.807, 2.05) is 19.9 Å². The Morgan fingerprint density at radius 3 is 2.44 bits per heavy atom. The van der Waals surface area contributed by atoms with Crippen LogP contribution >= 0.6 is 0 Å². The number of ether oxygens (including phenoxy) is 4. The zero-order valence-corrected chi connectivity index (χ0v) is 18.7. The van der Waals surface area contributed by atoms with E-state index >= 15 is 0 Å². The number of hydrogen-bond acceptors (Lipinski definition) is 8. The van der Waals surface area contributed by atoms with Crippen molar-refractivity contribution in [2.24, 2.45) is 0 Å². The van der Waals surface area contributed by atoms with E-state index < -0.39 is 47.0 Å². The maximum absolute atomic E-state index is 12.6. The summed E-state index contributed by atoms with van der Waals surface area (Å²) in [7, 11) is -3.96. The minimum absolute atomic E-state index is 0.0651. The first kappa shape index (κ1) is 22.9. The largest absolute Gasteiger partial charge is 0.456 e. The zero-order valence-electron chi connectivity index (χ0n) is 17.9. The molecule has 8 nitrogen and oxygen atoms in total. The molecule has 0 bridgehead atoms. The predicted molar refractivity (Wildman–Crippen MR) is 113 cm³/mol. The fraction of sp³-hybridized carbons (Fsp3) is 0.435. The van der Waals surface area contributed by atoms with Crippen molar-refractivity contribution in [2.75, 3.05) is 6.61 Å². The Morgan fingerprint density at radius 1 is 1.03 bits per heavy atom. The summed E-state index contributed by atoms with van der Waals surface area (Å²) in [5, 5.41) is 0. The Bertz CT molecular complexity index is 1020. The molecule has 2 saturated heterocycles. The van der Waals surface area contributed by atoms with Crippen molar-refractivity contribution < 1.29 is 36.3 Å². The molecule has 172 valence electrons. The molecule has 2 aromatic rings. The first-order chi connectivity index (χ1) is 15.4. The van der Waals surface area contributed by atoms with Crippen LogP contribution in [0, 0.1) is 6.92 Å². The van der Waals surface area contributed by atoms with Gasteiger partial charge in [-0.25, -0.2) is 4.79 Å². The van der Waals surface area contributed by atoms with Crippen LogP contribution < -0.4 is 0 Å². The third kappa shape index (κ3) is 5.19. The second-order valence-corrected chi connectivity index (χ2v) is 9.41. The number of fused-ring (bicyclic) bond motifs is 1. The van der Waals surface area contributed by atoms with Crippen molar-refractivity contribution in [2.45, 2.75) is 62.5 Å². The second-order valence-electron chi connectivity index (χ2n) is 7.80. The first-order valence-electron chi connectivity index (χ1n) is 10.5. The first-order valence-corrected chi connectivity index (χ1v) is 11.9. The highest BCUT2D eigenvalue weighted by molar-refractivity contribution is 7.86. The van der Waals surface area contributed by atoms with Gasteiger partial charge in [-0.05, 0) is 37.6 Å². The van der Waals surface area contributed by atoms with Gasteiger partial charge >= 0.3 is 5.97 Å². The molecule has 0 aromatic heterocycles. The van der Waals surface area contributed by atoms with Crippen LogP contribution in [0.15, 0.2) is 59.5 Å². The smallest absolute Gasteiger partial charge is 0.338 e. The Kier molecular flexibility index (Phi) is 6.92. The standard InChI is InChI=1S/C23H26O8S/c1-3-20-30-21-19(29-22(24)16-7-5-4-6-8-16)13-17(28-23(21)31-20)14-27-32(25,26)18-11-9-15(2)10-12-18/h4-12,17,19-21,23H,3,13-14H2,1-2H3/t17-,19-,20+,21+,23+/m0/s1. The number of aryl methyl sites for hydroxylation is 1. The summed E-state index contributed by atoms with van der Waals surface area (Å²) in [6.45, 7) is 3.54. The lowest BCUT2D eigenvalue weighted by Gasteiger charge is -2.35. The number of hydrogen-bond donors (Lipinski definition) is 0. The molecule has 0 N–H and O–H groups in total. The molecule has 2 aromatic carbocycles. The monoisotopic (exact) mass is 462 g/mol. The van der Waals surface area contributed by atoms with Crippen LogP contribution in [0.1, 0.15) is 35.7 Å². The predicted octanol–water partition coefficient (Wildman–Crippen LogP) is 3.19. The number of benzene rings is 2. The van der Waals surface area contributed by atoms with Gasteiger partial charge in [0.15, 0.2) is 12.6 Å². The third-order valence-electron chi connectivity index (χ3n) is 5.37. The molecule has 4 rings (SSSR count). The molecule has 2 aliphatic heterocycles. The molecule has 2 aliphatic rings. The molecule has 0 amide bonds. The van der Waals surface area contributed by atoms with E-state index in [2.05, 4.69) is 0 Å². The van der Waals surface area contributed by atoms with Crippen molar-refractivity contribution in [3.8, 4) is 0 Å². The van der Waals surface area contributed by atoms with E-state index in [-0.39, 0.29) is 17.9 Å². The van der Waals surface area contributed by atoms with Crippen LogP contribution in [0.25, 0.3) is 0 Å². The summed E-state index contributed by atoms with van der Waals surface area (Å²) in [6, 6.07) is 15.0. The molecule has 32 heavy (non-hydrogen) atoms. The normalized spacial score (nSPS) is 27.6. The number of esters is 1. The minimum atomic E-state index is -3.96. The fourth-order valence-corrected chi connectivity index (χ4v) is 4.58. The van der Waals surface area contributed by atoms with Crippen molar-refractivity contribution in [1.82, 2.24) is 0 Å². The summed E-state index contributed by atoms with van der Waals surface area (Å²) in [5.41, 5.74) is 1.36. The molecule has 0 aliphatic carbocycles. The van der Waals surface area contributed by atoms with E-state index in [1.165, 1.54) is 12.1 Å². The lowest BCUT2D eigenvalue weighted by atomic mass is 10.0. The molecule has 2 heterocycles. The maximum atomic E-state index is 12.6. The Balaban J connectivity index is 1.45. The van der Waals surface area contributed by atoms with Gasteiger partial charge in [-0.15, -0.1) is 0 Å². The van der Waals surface area contributed by atoms with Gasteiger partial charge in [-0.2, -0.15) is 8.42 Å². The molecule has 0 saturated carbocycles. The van der Waals surface area contributed by atoms with Gasteiger partial charge in [-0.3, -0.25) is 4.18 Å². The fourth-order valence-electron chi connectivity index (χ4n) is 3.64. The quantitative estimate of drug-likeness (QED) is 0.457. The average Bonchev–Trinajstić information content (AvgIpc) is 3.22. The Labute approximate surface area is 187 Å². The van der Waals surface area contributed by atoms with Gasteiger partial charge in [0.05, 0.1) is 23.2 Å². The van der Waals surface area contributed by atoms with Crippen LogP contribution in [0.4, 0.5) is 0 Å². The highest BCUT2D eigenvalue weighted by atomic mass is 32.2. The molecular formula is C23H26O8S. The molecule has 9 heteroatoms. The maximum Gasteiger partial charge on any atom is 0.338 e. The van der Waals surface area contributed by atoms with E-state index in [4.69, 9.17) is 23.1 Å². The molecule has 5 atom stereocenters. The summed E-state index contributed by atoms with van der Waals surface area (Å²) < 4.78 is 53.5. The topological polar surface area (TPSA) is 97.4 Å². The zero-order chi connectivity index (χ0) is 22.7. The van der Waals surface area contributed by atoms with E-state index in [0.29, 0.717) is 12.0 Å². The molecular weight excluding hydrogens is 436 g/mol. The lowest BCUT2D eigenvalue weighted by Crippen LogP contribution is -2.49. The van der Waals surface area contributed by atoms with Crippen LogP contribution in [0.5, 0.6) is 0 Å². The molecule has 0 unspecified atom stereocenters. The van der Waals surface area contributed by atoms with Crippen molar-refractivity contribution in [1.29, 1.82) is 0 Å². The van der Waals surface area contributed by atoms with Crippen LogP contribution in [0.3, 0.4) is 0 Å². The van der Waals surface area contributed by atoms with Gasteiger partial charge < -0.3 is 18.9 Å². The van der Waals surface area contributed by atoms with Gasteiger partial charge in [0.1, 0.15) is 12.2 Å². The highest BCUT2D eigenvalue weighted by Gasteiger charge is 2.49. The second kappa shape index (κ2) is 9.68. The van der Waals surface area contributed by atoms with Crippen LogP contribution in [-0.2, 0) is 33.2 Å². The third-order valence-corrected chi connectivity index (χ3v) is 6.67. The van der Waals surface area contributed by atoms with Crippen molar-refractivity contribution in [3.63, 3.8) is 0 Å². The van der Waals surface area contributed by atoms with Crippen molar-refractivity contribution >= 4 is 16.1 Å². The Morgan fingerprint density at radius 2 is 1.75 bits per heavy atom. The summed E-state index contributed by atoms with van der Waals surface area (Å²) in [5.74, 6) is -0.494. The molecule has 2 fully saturated rings. The summed E-state index contributed by atoms with van der Waals surface area (Å²) >= 11 is 0. The van der Waals surface area contributed by atoms with E-state index in [1.54, 1.807) is 36.4 Å². The van der Waals surface area contributed by atoms with Gasteiger partial charge in [-0.1, -0.05) is 42.8 Å². The Hall–Kier alpha value is -2.30. The van der Waals surface area contributed by atoms with E-state index in [0.717, 1.165) is 5.56 Å². The number of rotatable bonds is 7. The summed E-state index contributed by atoms with van der Waals surface area (Å²) in [6.07, 6.45) is -2.39. The number of carbonyl (C=O) groups is 1. The van der Waals surface area contributed by atoms with Gasteiger partial charge in [0.2, 0.25) is 0 Å². The van der Waals surface area contributed by atoms with Gasteiger partial charge in [0.25, 0.3) is 10.1 Å². The van der Waals surface area contributed by atoms with E-state index in [9.17, 15) is 13.2 Å². The van der Waals surface area contributed by atoms with Crippen LogP contribution in [-0.4, -0.2) is 51.9 Å². The number of carbonyl (C=O) groups excluding carboxylic acids is 1. The lowest BCUT2D eigenvalue weighted by molar-refractivity contribution is -0.212. The van der Waals surface area contributed by atoms with Crippen LogP contribution in [0.2, 0.25) is 0 Å². The van der Waals surface area contributed by atoms with Crippen molar-refractivity contribution in [3.05, 3.63) is 65.7 Å². The SMILES string of the molecule is CC[C@H]1O[C@H]2O[C@H](COS(=O)(=O)c3ccc(C)cc3)C[C@H](OC(=O)c3ccccc3)[C@H]2O1. The highest BCUT2D eigenvalue weighted by Crippen LogP contribution is 2.34. The summed E-state index contributed by atoms with van der Waals surface area (Å²) in [4.78, 5) is 12.7.